The zero-order valence-corrected chi connectivity index (χ0v) is 17.0. The number of hydrogen-bond donors (Lipinski definition) is 1. The van der Waals surface area contributed by atoms with E-state index in [1.807, 2.05) is 43.3 Å². The van der Waals surface area contributed by atoms with Crippen molar-refractivity contribution in [3.8, 4) is 17.2 Å². The van der Waals surface area contributed by atoms with Crippen LogP contribution in [0.25, 0.3) is 0 Å². The highest BCUT2D eigenvalue weighted by atomic mass is 32.2. The molecular formula is C19H26N2O5S. The Bertz CT molecular complexity index is 851. The van der Waals surface area contributed by atoms with Gasteiger partial charge < -0.3 is 19.1 Å². The van der Waals surface area contributed by atoms with E-state index in [1.165, 1.54) is 20.3 Å². The summed E-state index contributed by atoms with van der Waals surface area (Å²) in [6, 6.07) is 12.1. The first-order valence-electron chi connectivity index (χ1n) is 8.34. The van der Waals surface area contributed by atoms with Gasteiger partial charge in [0, 0.05) is 18.7 Å². The summed E-state index contributed by atoms with van der Waals surface area (Å²) in [5.74, 6) is 1.45. The molecule has 2 aromatic rings. The molecule has 0 saturated carbocycles. The molecule has 0 aliphatic rings. The van der Waals surface area contributed by atoms with Gasteiger partial charge in [-0.1, -0.05) is 12.1 Å². The number of hydrogen-bond acceptors (Lipinski definition) is 6. The van der Waals surface area contributed by atoms with E-state index in [-0.39, 0.29) is 23.2 Å². The van der Waals surface area contributed by atoms with E-state index >= 15 is 0 Å². The summed E-state index contributed by atoms with van der Waals surface area (Å²) in [7, 11) is 4.53. The van der Waals surface area contributed by atoms with Crippen LogP contribution in [-0.4, -0.2) is 55.3 Å². The fourth-order valence-electron chi connectivity index (χ4n) is 2.69. The second kappa shape index (κ2) is 9.07. The molecular weight excluding hydrogens is 368 g/mol. The molecule has 2 aromatic carbocycles. The van der Waals surface area contributed by atoms with Crippen LogP contribution in [-0.2, 0) is 10.0 Å². The third kappa shape index (κ3) is 5.12. The number of methoxy groups -OCH3 is 3. The van der Waals surface area contributed by atoms with Crippen molar-refractivity contribution in [3.63, 3.8) is 0 Å². The minimum Gasteiger partial charge on any atom is -0.497 e. The molecule has 0 heterocycles. The summed E-state index contributed by atoms with van der Waals surface area (Å²) in [6.45, 7) is 0.196. The van der Waals surface area contributed by atoms with Crippen LogP contribution in [0.3, 0.4) is 0 Å². The molecule has 1 atom stereocenters. The van der Waals surface area contributed by atoms with Crippen LogP contribution in [0.5, 0.6) is 17.2 Å². The summed E-state index contributed by atoms with van der Waals surface area (Å²) < 4.78 is 43.9. The fourth-order valence-corrected chi connectivity index (χ4v) is 3.91. The van der Waals surface area contributed by atoms with Crippen molar-refractivity contribution in [2.75, 3.05) is 42.0 Å². The Morgan fingerprint density at radius 2 is 1.52 bits per heavy atom. The van der Waals surface area contributed by atoms with E-state index in [9.17, 15) is 8.42 Å². The Kier molecular flexibility index (Phi) is 7.06. The molecule has 0 aliphatic heterocycles. The molecule has 0 aliphatic carbocycles. The predicted molar refractivity (Wildman–Crippen MR) is 104 cm³/mol. The molecule has 148 valence electrons. The van der Waals surface area contributed by atoms with Gasteiger partial charge in [-0.2, -0.15) is 0 Å². The molecule has 2 rings (SSSR count). The van der Waals surface area contributed by atoms with Crippen LogP contribution >= 0.6 is 0 Å². The SMILES string of the molecule is COc1ccc(C(CNS(=O)(=O)c2cc(OC)ccc2OC)N(C)C)cc1. The molecule has 1 unspecified atom stereocenters. The van der Waals surface area contributed by atoms with E-state index in [1.54, 1.807) is 19.2 Å². The van der Waals surface area contributed by atoms with Crippen LogP contribution in [0.2, 0.25) is 0 Å². The largest absolute Gasteiger partial charge is 0.497 e. The first kappa shape index (κ1) is 21.0. The standard InChI is InChI=1S/C19H26N2O5S/c1-21(2)17(14-6-8-15(24-3)9-7-14)13-20-27(22,23)19-12-16(25-4)10-11-18(19)26-5/h6-12,17,20H,13H2,1-5H3. The number of sulfonamides is 1. The number of likely N-dealkylation sites (N-methyl/N-ethyl adjacent to an activating group) is 1. The van der Waals surface area contributed by atoms with Crippen LogP contribution in [0, 0.1) is 0 Å². The highest BCUT2D eigenvalue weighted by Gasteiger charge is 2.23. The molecule has 0 spiro atoms. The van der Waals surface area contributed by atoms with Gasteiger partial charge in [0.05, 0.1) is 21.3 Å². The number of ether oxygens (including phenoxy) is 3. The predicted octanol–water partition coefficient (Wildman–Crippen LogP) is 2.29. The van der Waals surface area contributed by atoms with Crippen LogP contribution in [0.15, 0.2) is 47.4 Å². The lowest BCUT2D eigenvalue weighted by Crippen LogP contribution is -2.34. The number of rotatable bonds is 9. The van der Waals surface area contributed by atoms with Gasteiger partial charge in [0.1, 0.15) is 22.1 Å². The summed E-state index contributed by atoms with van der Waals surface area (Å²) in [5.41, 5.74) is 0.973. The summed E-state index contributed by atoms with van der Waals surface area (Å²) in [4.78, 5) is 1.99. The van der Waals surface area contributed by atoms with Gasteiger partial charge in [0.25, 0.3) is 0 Å². The Morgan fingerprint density at radius 3 is 2.04 bits per heavy atom. The first-order valence-corrected chi connectivity index (χ1v) is 9.82. The minimum atomic E-state index is -3.79. The zero-order valence-electron chi connectivity index (χ0n) is 16.2. The van der Waals surface area contributed by atoms with Crippen molar-refractivity contribution >= 4 is 10.0 Å². The molecule has 0 amide bonds. The highest BCUT2D eigenvalue weighted by molar-refractivity contribution is 7.89. The highest BCUT2D eigenvalue weighted by Crippen LogP contribution is 2.28. The minimum absolute atomic E-state index is 0.0385. The van der Waals surface area contributed by atoms with Gasteiger partial charge in [0.15, 0.2) is 0 Å². The average Bonchev–Trinajstić information content (AvgIpc) is 2.67. The Morgan fingerprint density at radius 1 is 0.926 bits per heavy atom. The Hall–Kier alpha value is -2.29. The van der Waals surface area contributed by atoms with Crippen LogP contribution < -0.4 is 18.9 Å². The van der Waals surface area contributed by atoms with Gasteiger partial charge in [0.2, 0.25) is 10.0 Å². The normalized spacial score (nSPS) is 12.7. The van der Waals surface area contributed by atoms with Crippen molar-refractivity contribution in [1.82, 2.24) is 9.62 Å². The molecule has 0 saturated heterocycles. The maximum absolute atomic E-state index is 12.9. The molecule has 27 heavy (non-hydrogen) atoms. The van der Waals surface area contributed by atoms with E-state index in [2.05, 4.69) is 4.72 Å². The smallest absolute Gasteiger partial charge is 0.244 e. The molecule has 7 nitrogen and oxygen atoms in total. The van der Waals surface area contributed by atoms with Gasteiger partial charge in [-0.05, 0) is 43.9 Å². The average molecular weight is 394 g/mol. The van der Waals surface area contributed by atoms with Crippen molar-refractivity contribution < 1.29 is 22.6 Å². The second-order valence-electron chi connectivity index (χ2n) is 6.12. The molecule has 8 heteroatoms. The van der Waals surface area contributed by atoms with E-state index in [4.69, 9.17) is 14.2 Å². The lowest BCUT2D eigenvalue weighted by atomic mass is 10.1. The third-order valence-corrected chi connectivity index (χ3v) is 5.70. The van der Waals surface area contributed by atoms with Gasteiger partial charge in [-0.15, -0.1) is 0 Å². The van der Waals surface area contributed by atoms with Crippen molar-refractivity contribution in [2.24, 2.45) is 0 Å². The van der Waals surface area contributed by atoms with Crippen LogP contribution in [0.4, 0.5) is 0 Å². The molecule has 1 N–H and O–H groups in total. The van der Waals surface area contributed by atoms with Crippen LogP contribution in [0.1, 0.15) is 11.6 Å². The number of nitrogens with one attached hydrogen (secondary N) is 1. The second-order valence-corrected chi connectivity index (χ2v) is 7.86. The lowest BCUT2D eigenvalue weighted by molar-refractivity contribution is 0.299. The quantitative estimate of drug-likeness (QED) is 0.703. The van der Waals surface area contributed by atoms with Crippen molar-refractivity contribution in [2.45, 2.75) is 10.9 Å². The summed E-state index contributed by atoms with van der Waals surface area (Å²) in [5, 5.41) is 0. The van der Waals surface area contributed by atoms with Gasteiger partial charge in [-0.25, -0.2) is 13.1 Å². The molecule has 0 bridgehead atoms. The number of nitrogens with zero attached hydrogens (tertiary/aromatic N) is 1. The van der Waals surface area contributed by atoms with E-state index < -0.39 is 10.0 Å². The monoisotopic (exact) mass is 394 g/mol. The van der Waals surface area contributed by atoms with Crippen molar-refractivity contribution in [3.05, 3.63) is 48.0 Å². The summed E-state index contributed by atoms with van der Waals surface area (Å²) >= 11 is 0. The number of benzene rings is 2. The Balaban J connectivity index is 2.25. The van der Waals surface area contributed by atoms with E-state index in [0.29, 0.717) is 5.75 Å². The van der Waals surface area contributed by atoms with E-state index in [0.717, 1.165) is 11.3 Å². The maximum atomic E-state index is 12.9. The maximum Gasteiger partial charge on any atom is 0.244 e. The third-order valence-electron chi connectivity index (χ3n) is 4.25. The summed E-state index contributed by atoms with van der Waals surface area (Å²) in [6.07, 6.45) is 0. The first-order chi connectivity index (χ1) is 12.8. The molecule has 0 fully saturated rings. The lowest BCUT2D eigenvalue weighted by Gasteiger charge is -2.25. The topological polar surface area (TPSA) is 77.1 Å². The molecule has 0 aromatic heterocycles. The fraction of sp³-hybridized carbons (Fsp3) is 0.368. The Labute approximate surface area is 160 Å². The molecule has 0 radical (unpaired) electrons. The van der Waals surface area contributed by atoms with Gasteiger partial charge >= 0.3 is 0 Å². The van der Waals surface area contributed by atoms with Gasteiger partial charge in [-0.3, -0.25) is 0 Å². The van der Waals surface area contributed by atoms with Crippen molar-refractivity contribution in [1.29, 1.82) is 0 Å². The zero-order chi connectivity index (χ0) is 20.0.